The summed E-state index contributed by atoms with van der Waals surface area (Å²) in [4.78, 5) is 13.9. The summed E-state index contributed by atoms with van der Waals surface area (Å²) in [7, 11) is 0. The predicted octanol–water partition coefficient (Wildman–Crippen LogP) is 3.34. The monoisotopic (exact) mass is 358 g/mol. The molecule has 2 rings (SSSR count). The van der Waals surface area contributed by atoms with Crippen molar-refractivity contribution in [2.45, 2.75) is 39.0 Å². The van der Waals surface area contributed by atoms with Gasteiger partial charge in [-0.1, -0.05) is 13.3 Å². The van der Waals surface area contributed by atoms with Crippen LogP contribution in [-0.2, 0) is 11.2 Å². The van der Waals surface area contributed by atoms with E-state index in [4.69, 9.17) is 0 Å². The average Bonchev–Trinajstić information content (AvgIpc) is 2.86. The second-order valence-corrected chi connectivity index (χ2v) is 8.04. The van der Waals surface area contributed by atoms with Gasteiger partial charge in [-0.15, -0.1) is 11.3 Å². The number of carbonyl (C=O) groups excluding carboxylic acids is 1. The maximum Gasteiger partial charge on any atom is 0.226 e. The summed E-state index contributed by atoms with van der Waals surface area (Å²) in [5, 5.41) is 6.51. The molecule has 0 aromatic carbocycles. The molecule has 1 aromatic rings. The van der Waals surface area contributed by atoms with E-state index in [2.05, 4.69) is 45.6 Å². The first-order chi connectivity index (χ1) is 9.66. The van der Waals surface area contributed by atoms with Gasteiger partial charge >= 0.3 is 0 Å². The molecule has 20 heavy (non-hydrogen) atoms. The van der Waals surface area contributed by atoms with Crippen molar-refractivity contribution in [3.8, 4) is 0 Å². The van der Waals surface area contributed by atoms with Crippen molar-refractivity contribution in [1.82, 2.24) is 10.6 Å². The van der Waals surface area contributed by atoms with Gasteiger partial charge in [-0.25, -0.2) is 0 Å². The third-order valence-electron chi connectivity index (χ3n) is 4.06. The fourth-order valence-corrected chi connectivity index (χ4v) is 4.43. The molecule has 2 N–H and O–H groups in total. The second-order valence-electron chi connectivity index (χ2n) is 5.49. The minimum absolute atomic E-state index is 0.129. The van der Waals surface area contributed by atoms with Gasteiger partial charge in [0.05, 0.1) is 9.20 Å². The van der Waals surface area contributed by atoms with Crippen LogP contribution in [0.25, 0.3) is 0 Å². The fourth-order valence-electron chi connectivity index (χ4n) is 2.95. The van der Waals surface area contributed by atoms with E-state index in [1.165, 1.54) is 4.88 Å². The van der Waals surface area contributed by atoms with Crippen LogP contribution in [0, 0.1) is 5.41 Å². The van der Waals surface area contributed by atoms with E-state index < -0.39 is 0 Å². The van der Waals surface area contributed by atoms with E-state index in [-0.39, 0.29) is 11.3 Å². The Morgan fingerprint density at radius 2 is 2.20 bits per heavy atom. The van der Waals surface area contributed by atoms with Crippen LogP contribution in [0.4, 0.5) is 0 Å². The summed E-state index contributed by atoms with van der Waals surface area (Å²) in [6.45, 7) is 4.83. The first-order valence-electron chi connectivity index (χ1n) is 7.39. The van der Waals surface area contributed by atoms with Crippen LogP contribution < -0.4 is 10.6 Å². The molecule has 0 radical (unpaired) electrons. The van der Waals surface area contributed by atoms with Gasteiger partial charge in [0.2, 0.25) is 5.91 Å². The zero-order chi connectivity index (χ0) is 14.4. The van der Waals surface area contributed by atoms with Crippen LogP contribution in [0.2, 0.25) is 0 Å². The summed E-state index contributed by atoms with van der Waals surface area (Å²) in [5.74, 6) is 0.261. The molecule has 1 amide bonds. The molecular formula is C15H23BrN2OS. The highest BCUT2D eigenvalue weighted by atomic mass is 79.9. The van der Waals surface area contributed by atoms with Crippen molar-refractivity contribution in [3.63, 3.8) is 0 Å². The molecule has 0 unspecified atom stereocenters. The first-order valence-corrected chi connectivity index (χ1v) is 9.00. The third-order valence-corrected chi connectivity index (χ3v) is 5.74. The van der Waals surface area contributed by atoms with Gasteiger partial charge < -0.3 is 10.6 Å². The predicted molar refractivity (Wildman–Crippen MR) is 88.2 cm³/mol. The molecule has 2 heterocycles. The smallest absolute Gasteiger partial charge is 0.226 e. The van der Waals surface area contributed by atoms with Crippen LogP contribution >= 0.6 is 27.3 Å². The van der Waals surface area contributed by atoms with Crippen LogP contribution in [0.1, 0.15) is 37.5 Å². The number of hydrogen-bond acceptors (Lipinski definition) is 3. The molecule has 0 spiro atoms. The highest BCUT2D eigenvalue weighted by Crippen LogP contribution is 2.34. The molecule has 0 aliphatic carbocycles. The molecule has 1 aromatic heterocycles. The van der Waals surface area contributed by atoms with Gasteiger partial charge in [0.15, 0.2) is 0 Å². The highest BCUT2D eigenvalue weighted by molar-refractivity contribution is 9.11. The van der Waals surface area contributed by atoms with Crippen LogP contribution in [0.5, 0.6) is 0 Å². The number of piperidine rings is 1. The standard InChI is InChI=1S/C15H23BrN2OS/c1-2-6-15(7-10-17-11-8-15)14(19)18-9-5-12-3-4-13(16)20-12/h3-4,17H,2,5-11H2,1H3,(H,18,19). The average molecular weight is 359 g/mol. The van der Waals surface area contributed by atoms with Crippen LogP contribution in [-0.4, -0.2) is 25.5 Å². The topological polar surface area (TPSA) is 41.1 Å². The van der Waals surface area contributed by atoms with E-state index in [1.807, 2.05) is 0 Å². The van der Waals surface area contributed by atoms with Crippen LogP contribution in [0.3, 0.4) is 0 Å². The number of carbonyl (C=O) groups is 1. The van der Waals surface area contributed by atoms with Gasteiger partial charge in [0, 0.05) is 11.4 Å². The van der Waals surface area contributed by atoms with Gasteiger partial charge in [0.25, 0.3) is 0 Å². The Kier molecular flexibility index (Phi) is 6.05. The zero-order valence-corrected chi connectivity index (χ0v) is 14.4. The summed E-state index contributed by atoms with van der Waals surface area (Å²) in [6, 6.07) is 4.18. The SMILES string of the molecule is CCCC1(C(=O)NCCc2ccc(Br)s2)CCNCC1. The van der Waals surface area contributed by atoms with Gasteiger partial charge in [0.1, 0.15) is 0 Å². The van der Waals surface area contributed by atoms with E-state index in [0.29, 0.717) is 0 Å². The number of amides is 1. The van der Waals surface area contributed by atoms with Crippen molar-refractivity contribution in [2.75, 3.05) is 19.6 Å². The quantitative estimate of drug-likeness (QED) is 0.818. The van der Waals surface area contributed by atoms with Crippen LogP contribution in [0.15, 0.2) is 15.9 Å². The number of hydrogen-bond donors (Lipinski definition) is 2. The molecule has 0 atom stereocenters. The van der Waals surface area contributed by atoms with Crippen molar-refractivity contribution < 1.29 is 4.79 Å². The van der Waals surface area contributed by atoms with Gasteiger partial charge in [-0.2, -0.15) is 0 Å². The maximum absolute atomic E-state index is 12.6. The van der Waals surface area contributed by atoms with Crippen molar-refractivity contribution in [3.05, 3.63) is 20.8 Å². The third kappa shape index (κ3) is 4.06. The largest absolute Gasteiger partial charge is 0.355 e. The van der Waals surface area contributed by atoms with Gasteiger partial charge in [-0.05, 0) is 66.8 Å². The van der Waals surface area contributed by atoms with E-state index in [0.717, 1.165) is 55.5 Å². The molecule has 0 saturated carbocycles. The molecule has 1 saturated heterocycles. The Bertz CT molecular complexity index is 435. The Balaban J connectivity index is 1.85. The number of nitrogens with one attached hydrogen (secondary N) is 2. The lowest BCUT2D eigenvalue weighted by Gasteiger charge is -2.36. The Morgan fingerprint density at radius 3 is 2.80 bits per heavy atom. The molecule has 3 nitrogen and oxygen atoms in total. The zero-order valence-electron chi connectivity index (χ0n) is 12.0. The fraction of sp³-hybridized carbons (Fsp3) is 0.667. The molecule has 0 bridgehead atoms. The maximum atomic E-state index is 12.6. The molecule has 5 heteroatoms. The lowest BCUT2D eigenvalue weighted by atomic mass is 9.74. The van der Waals surface area contributed by atoms with E-state index >= 15 is 0 Å². The molecule has 1 aliphatic rings. The summed E-state index contributed by atoms with van der Waals surface area (Å²) >= 11 is 5.21. The molecular weight excluding hydrogens is 336 g/mol. The summed E-state index contributed by atoms with van der Waals surface area (Å²) < 4.78 is 1.15. The number of thiophene rings is 1. The summed E-state index contributed by atoms with van der Waals surface area (Å²) in [5.41, 5.74) is -0.129. The van der Waals surface area contributed by atoms with E-state index in [1.54, 1.807) is 11.3 Å². The normalized spacial score (nSPS) is 17.9. The number of halogens is 1. The Hall–Kier alpha value is -0.390. The summed E-state index contributed by atoms with van der Waals surface area (Å²) in [6.07, 6.45) is 4.94. The highest BCUT2D eigenvalue weighted by Gasteiger charge is 2.38. The Labute approximate surface area is 133 Å². The van der Waals surface area contributed by atoms with E-state index in [9.17, 15) is 4.79 Å². The Morgan fingerprint density at radius 1 is 1.45 bits per heavy atom. The molecule has 1 fully saturated rings. The van der Waals surface area contributed by atoms with Crippen molar-refractivity contribution >= 4 is 33.2 Å². The first kappa shape index (κ1) is 16.0. The molecule has 112 valence electrons. The minimum Gasteiger partial charge on any atom is -0.355 e. The lowest BCUT2D eigenvalue weighted by Crippen LogP contribution is -2.48. The minimum atomic E-state index is -0.129. The van der Waals surface area contributed by atoms with Crippen molar-refractivity contribution in [1.29, 1.82) is 0 Å². The second kappa shape index (κ2) is 7.57. The number of rotatable bonds is 6. The van der Waals surface area contributed by atoms with Gasteiger partial charge in [-0.3, -0.25) is 4.79 Å². The molecule has 1 aliphatic heterocycles. The lowest BCUT2D eigenvalue weighted by molar-refractivity contribution is -0.133. The van der Waals surface area contributed by atoms with Crippen molar-refractivity contribution in [2.24, 2.45) is 5.41 Å².